The third kappa shape index (κ3) is 1.61. The molecule has 11 heavy (non-hydrogen) atoms. The fourth-order valence-corrected chi connectivity index (χ4v) is 1.28. The molecule has 2 atom stereocenters. The van der Waals surface area contributed by atoms with Crippen molar-refractivity contribution in [1.82, 2.24) is 4.90 Å². The Bertz CT molecular complexity index is 224. The van der Waals surface area contributed by atoms with Gasteiger partial charge in [-0.2, -0.15) is 5.26 Å². The summed E-state index contributed by atoms with van der Waals surface area (Å²) in [6.07, 6.45) is 0.664. The van der Waals surface area contributed by atoms with E-state index in [9.17, 15) is 0 Å². The van der Waals surface area contributed by atoms with E-state index in [1.54, 1.807) is 0 Å². The normalized spacial score (nSPS) is 30.9. The summed E-state index contributed by atoms with van der Waals surface area (Å²) in [5, 5.41) is 12.2. The number of rotatable bonds is 1. The standard InChI is InChI=1S/C6H9N5/c1-11-4-5(9-10-8)2-6(11)3-7/h5-6H,2,4H2,1H3/t5-,6+/m1/s1. The molecule has 1 aliphatic rings. The molecule has 1 rings (SSSR count). The van der Waals surface area contributed by atoms with Crippen LogP contribution >= 0.6 is 0 Å². The second kappa shape index (κ2) is 3.24. The first-order valence-corrected chi connectivity index (χ1v) is 3.42. The maximum absolute atomic E-state index is 8.60. The zero-order valence-corrected chi connectivity index (χ0v) is 6.30. The third-order valence-corrected chi connectivity index (χ3v) is 1.89. The summed E-state index contributed by atoms with van der Waals surface area (Å²) in [6.45, 7) is 0.697. The lowest BCUT2D eigenvalue weighted by Gasteiger charge is -2.09. The van der Waals surface area contributed by atoms with Crippen molar-refractivity contribution in [2.75, 3.05) is 13.6 Å². The van der Waals surface area contributed by atoms with Gasteiger partial charge in [0, 0.05) is 11.5 Å². The molecule has 0 aliphatic carbocycles. The Balaban J connectivity index is 2.57. The highest BCUT2D eigenvalue weighted by atomic mass is 15.2. The largest absolute Gasteiger partial charge is 0.291 e. The average Bonchev–Trinajstić information content (AvgIpc) is 2.32. The molecular weight excluding hydrogens is 142 g/mol. The van der Waals surface area contributed by atoms with E-state index in [0.717, 1.165) is 0 Å². The molecule has 0 saturated carbocycles. The Morgan fingerprint density at radius 1 is 1.82 bits per heavy atom. The number of likely N-dealkylation sites (tertiary alicyclic amines) is 1. The van der Waals surface area contributed by atoms with Crippen molar-refractivity contribution in [3.8, 4) is 6.07 Å². The monoisotopic (exact) mass is 151 g/mol. The molecule has 0 aromatic heterocycles. The highest BCUT2D eigenvalue weighted by Crippen LogP contribution is 2.17. The van der Waals surface area contributed by atoms with E-state index in [1.165, 1.54) is 0 Å². The van der Waals surface area contributed by atoms with Crippen LogP contribution in [-0.2, 0) is 0 Å². The van der Waals surface area contributed by atoms with Gasteiger partial charge in [-0.05, 0) is 19.0 Å². The van der Waals surface area contributed by atoms with Crippen molar-refractivity contribution in [2.45, 2.75) is 18.5 Å². The SMILES string of the molecule is CN1C[C@H](N=[N+]=[N-])C[C@H]1C#N. The van der Waals surface area contributed by atoms with Crippen LogP contribution in [0.4, 0.5) is 0 Å². The van der Waals surface area contributed by atoms with Gasteiger partial charge in [0.15, 0.2) is 0 Å². The van der Waals surface area contributed by atoms with E-state index in [4.69, 9.17) is 10.8 Å². The second-order valence-electron chi connectivity index (χ2n) is 2.68. The van der Waals surface area contributed by atoms with Crippen molar-refractivity contribution >= 4 is 0 Å². The quantitative estimate of drug-likeness (QED) is 0.317. The molecule has 0 spiro atoms. The lowest BCUT2D eigenvalue weighted by Crippen LogP contribution is -2.23. The second-order valence-corrected chi connectivity index (χ2v) is 2.68. The van der Waals surface area contributed by atoms with Crippen molar-refractivity contribution in [3.63, 3.8) is 0 Å². The average molecular weight is 151 g/mol. The third-order valence-electron chi connectivity index (χ3n) is 1.89. The van der Waals surface area contributed by atoms with Crippen molar-refractivity contribution in [3.05, 3.63) is 10.4 Å². The zero-order chi connectivity index (χ0) is 8.27. The molecule has 1 heterocycles. The Morgan fingerprint density at radius 3 is 3.00 bits per heavy atom. The van der Waals surface area contributed by atoms with Gasteiger partial charge in [-0.25, -0.2) is 0 Å². The predicted octanol–water partition coefficient (Wildman–Crippen LogP) is 0.893. The predicted molar refractivity (Wildman–Crippen MR) is 39.6 cm³/mol. The number of azide groups is 1. The summed E-state index contributed by atoms with van der Waals surface area (Å²) in [4.78, 5) is 4.61. The molecule has 1 aliphatic heterocycles. The van der Waals surface area contributed by atoms with Gasteiger partial charge < -0.3 is 0 Å². The summed E-state index contributed by atoms with van der Waals surface area (Å²) in [5.74, 6) is 0. The first-order valence-electron chi connectivity index (χ1n) is 3.42. The van der Waals surface area contributed by atoms with Crippen LogP contribution in [0, 0.1) is 11.3 Å². The van der Waals surface area contributed by atoms with Crippen molar-refractivity contribution in [1.29, 1.82) is 5.26 Å². The molecule has 5 nitrogen and oxygen atoms in total. The first kappa shape index (κ1) is 7.86. The van der Waals surface area contributed by atoms with Crippen LogP contribution in [0.1, 0.15) is 6.42 Å². The molecule has 5 heteroatoms. The van der Waals surface area contributed by atoms with E-state index < -0.39 is 0 Å². The first-order chi connectivity index (χ1) is 5.27. The lowest BCUT2D eigenvalue weighted by atomic mass is 10.2. The van der Waals surface area contributed by atoms with Gasteiger partial charge >= 0.3 is 0 Å². The number of nitriles is 1. The van der Waals surface area contributed by atoms with Crippen LogP contribution in [0.5, 0.6) is 0 Å². The minimum Gasteiger partial charge on any atom is -0.291 e. The molecule has 0 bridgehead atoms. The summed E-state index contributed by atoms with van der Waals surface area (Å²) in [7, 11) is 1.86. The van der Waals surface area contributed by atoms with Crippen LogP contribution in [0.25, 0.3) is 10.4 Å². The number of likely N-dealkylation sites (N-methyl/N-ethyl adjacent to an activating group) is 1. The summed E-state index contributed by atoms with van der Waals surface area (Å²) >= 11 is 0. The Kier molecular flexibility index (Phi) is 2.32. The molecular formula is C6H9N5. The lowest BCUT2D eigenvalue weighted by molar-refractivity contribution is 0.360. The summed E-state index contributed by atoms with van der Waals surface area (Å²) in [6, 6.07) is 2.05. The van der Waals surface area contributed by atoms with Crippen LogP contribution in [0.15, 0.2) is 5.11 Å². The van der Waals surface area contributed by atoms with E-state index >= 15 is 0 Å². The molecule has 58 valence electrons. The topological polar surface area (TPSA) is 75.8 Å². The van der Waals surface area contributed by atoms with Crippen molar-refractivity contribution < 1.29 is 0 Å². The van der Waals surface area contributed by atoms with Crippen molar-refractivity contribution in [2.24, 2.45) is 5.11 Å². The summed E-state index contributed by atoms with van der Waals surface area (Å²) < 4.78 is 0. The molecule has 0 unspecified atom stereocenters. The Hall–Kier alpha value is -1.24. The van der Waals surface area contributed by atoms with E-state index in [1.807, 2.05) is 11.9 Å². The number of hydrogen-bond donors (Lipinski definition) is 0. The molecule has 0 aromatic carbocycles. The minimum absolute atomic E-state index is 0.0188. The van der Waals surface area contributed by atoms with Gasteiger partial charge in [-0.3, -0.25) is 4.90 Å². The fraction of sp³-hybridized carbons (Fsp3) is 0.833. The van der Waals surface area contributed by atoms with E-state index in [2.05, 4.69) is 16.1 Å². The molecule has 1 saturated heterocycles. The zero-order valence-electron chi connectivity index (χ0n) is 6.30. The Labute approximate surface area is 64.8 Å². The van der Waals surface area contributed by atoms with Gasteiger partial charge in [0.2, 0.25) is 0 Å². The maximum atomic E-state index is 8.60. The van der Waals surface area contributed by atoms with Crippen LogP contribution in [0.2, 0.25) is 0 Å². The molecule has 0 radical (unpaired) electrons. The van der Waals surface area contributed by atoms with Gasteiger partial charge in [0.25, 0.3) is 0 Å². The highest BCUT2D eigenvalue weighted by Gasteiger charge is 2.28. The van der Waals surface area contributed by atoms with Gasteiger partial charge in [-0.1, -0.05) is 5.11 Å². The van der Waals surface area contributed by atoms with Crippen LogP contribution < -0.4 is 0 Å². The minimum atomic E-state index is -0.0782. The molecule has 0 N–H and O–H groups in total. The van der Waals surface area contributed by atoms with Gasteiger partial charge in [0.1, 0.15) is 0 Å². The summed E-state index contributed by atoms with van der Waals surface area (Å²) in [5.41, 5.74) is 8.13. The number of nitrogens with zero attached hydrogens (tertiary/aromatic N) is 5. The van der Waals surface area contributed by atoms with Crippen LogP contribution in [0.3, 0.4) is 0 Å². The molecule has 0 amide bonds. The van der Waals surface area contributed by atoms with Gasteiger partial charge in [-0.15, -0.1) is 0 Å². The maximum Gasteiger partial charge on any atom is 0.0979 e. The highest BCUT2D eigenvalue weighted by molar-refractivity contribution is 5.00. The molecule has 1 fully saturated rings. The smallest absolute Gasteiger partial charge is 0.0979 e. The van der Waals surface area contributed by atoms with E-state index in [0.29, 0.717) is 13.0 Å². The molecule has 0 aromatic rings. The number of hydrogen-bond acceptors (Lipinski definition) is 3. The van der Waals surface area contributed by atoms with Crippen LogP contribution in [-0.4, -0.2) is 30.6 Å². The fourth-order valence-electron chi connectivity index (χ4n) is 1.28. The van der Waals surface area contributed by atoms with Gasteiger partial charge in [0.05, 0.1) is 18.2 Å². The Morgan fingerprint density at radius 2 is 2.55 bits per heavy atom. The van der Waals surface area contributed by atoms with E-state index in [-0.39, 0.29) is 12.1 Å².